The summed E-state index contributed by atoms with van der Waals surface area (Å²) in [5, 5.41) is 31.1. The number of nitrogens with one attached hydrogen (secondary N) is 1. The molecule has 0 unspecified atom stereocenters. The maximum atomic E-state index is 12.1. The van der Waals surface area contributed by atoms with Gasteiger partial charge >= 0.3 is 13.2 Å². The highest BCUT2D eigenvalue weighted by Gasteiger charge is 2.26. The molecule has 2 aromatic carbocycles. The quantitative estimate of drug-likeness (QED) is 0.343. The molecule has 9 heteroatoms. The van der Waals surface area contributed by atoms with Crippen LogP contribution in [0.2, 0.25) is 0 Å². The molecule has 0 spiro atoms. The average Bonchev–Trinajstić information content (AvgIpc) is 2.83. The lowest BCUT2D eigenvalue weighted by atomic mass is 9.76. The summed E-state index contributed by atoms with van der Waals surface area (Å²) in [7, 11) is -1.72. The summed E-state index contributed by atoms with van der Waals surface area (Å²) in [6.07, 6.45) is 4.83. The highest BCUT2D eigenvalue weighted by molar-refractivity contribution is 6.43. The van der Waals surface area contributed by atoms with Gasteiger partial charge < -0.3 is 20.1 Å². The summed E-state index contributed by atoms with van der Waals surface area (Å²) in [5.41, 5.74) is 2.91. The van der Waals surface area contributed by atoms with Crippen molar-refractivity contribution in [1.29, 1.82) is 5.26 Å². The smallest absolute Gasteiger partial charge is 0.449 e. The van der Waals surface area contributed by atoms with Gasteiger partial charge in [-0.1, -0.05) is 54.6 Å². The summed E-state index contributed by atoms with van der Waals surface area (Å²) in [4.78, 5) is 20.3. The van der Waals surface area contributed by atoms with Gasteiger partial charge in [0.15, 0.2) is 5.82 Å². The minimum Gasteiger partial charge on any atom is -0.449 e. The Morgan fingerprint density at radius 1 is 1.09 bits per heavy atom. The number of carbonyl (C=O) groups is 1. The SMILES string of the molecule is N#CC(=Cc1cccc(CCOC(=O)N[C@@H](Cc2ccccc2)B(O)O)c1)c1ncccn1. The Morgan fingerprint density at radius 2 is 1.82 bits per heavy atom. The molecule has 0 saturated carbocycles. The monoisotopic (exact) mass is 442 g/mol. The van der Waals surface area contributed by atoms with E-state index in [1.54, 1.807) is 24.5 Å². The maximum Gasteiger partial charge on any atom is 0.475 e. The molecule has 1 amide bonds. The van der Waals surface area contributed by atoms with Crippen LogP contribution < -0.4 is 5.32 Å². The van der Waals surface area contributed by atoms with Crippen LogP contribution in [0.25, 0.3) is 11.6 Å². The Balaban J connectivity index is 1.54. The highest BCUT2D eigenvalue weighted by atomic mass is 16.5. The second kappa shape index (κ2) is 12.1. The fraction of sp³-hybridized carbons (Fsp3) is 0.167. The zero-order valence-corrected chi connectivity index (χ0v) is 17.8. The molecule has 0 aliphatic carbocycles. The first-order valence-electron chi connectivity index (χ1n) is 10.4. The largest absolute Gasteiger partial charge is 0.475 e. The van der Waals surface area contributed by atoms with Gasteiger partial charge in [0.25, 0.3) is 0 Å². The van der Waals surface area contributed by atoms with Gasteiger partial charge in [0.05, 0.1) is 18.1 Å². The van der Waals surface area contributed by atoms with Crippen molar-refractivity contribution in [3.05, 3.63) is 95.6 Å². The molecule has 1 aromatic heterocycles. The molecule has 33 heavy (non-hydrogen) atoms. The van der Waals surface area contributed by atoms with E-state index in [1.165, 1.54) is 0 Å². The summed E-state index contributed by atoms with van der Waals surface area (Å²) in [6, 6.07) is 20.5. The van der Waals surface area contributed by atoms with Crippen LogP contribution in [0.3, 0.4) is 0 Å². The van der Waals surface area contributed by atoms with Crippen LogP contribution in [-0.2, 0) is 17.6 Å². The van der Waals surface area contributed by atoms with Gasteiger partial charge in [-0.2, -0.15) is 5.26 Å². The number of aromatic nitrogens is 2. The van der Waals surface area contributed by atoms with Crippen molar-refractivity contribution in [2.45, 2.75) is 18.8 Å². The van der Waals surface area contributed by atoms with Gasteiger partial charge in [-0.05, 0) is 35.3 Å². The molecule has 166 valence electrons. The lowest BCUT2D eigenvalue weighted by Crippen LogP contribution is -2.48. The van der Waals surface area contributed by atoms with Crippen LogP contribution in [0.1, 0.15) is 22.5 Å². The Morgan fingerprint density at radius 3 is 2.52 bits per heavy atom. The van der Waals surface area contributed by atoms with Crippen LogP contribution in [0.4, 0.5) is 4.79 Å². The molecule has 0 radical (unpaired) electrons. The molecule has 1 atom stereocenters. The van der Waals surface area contributed by atoms with E-state index in [0.29, 0.717) is 17.8 Å². The molecule has 0 saturated heterocycles. The molecule has 0 aliphatic heterocycles. The fourth-order valence-electron chi connectivity index (χ4n) is 3.14. The van der Waals surface area contributed by atoms with E-state index in [-0.39, 0.29) is 13.0 Å². The predicted molar refractivity (Wildman–Crippen MR) is 124 cm³/mol. The van der Waals surface area contributed by atoms with Crippen molar-refractivity contribution in [2.24, 2.45) is 0 Å². The van der Waals surface area contributed by atoms with E-state index in [9.17, 15) is 20.1 Å². The van der Waals surface area contributed by atoms with E-state index in [2.05, 4.69) is 21.4 Å². The number of allylic oxidation sites excluding steroid dienone is 1. The van der Waals surface area contributed by atoms with Gasteiger partial charge in [0, 0.05) is 18.8 Å². The van der Waals surface area contributed by atoms with E-state index in [1.807, 2.05) is 54.6 Å². The van der Waals surface area contributed by atoms with E-state index in [0.717, 1.165) is 16.7 Å². The van der Waals surface area contributed by atoms with Crippen molar-refractivity contribution >= 4 is 24.9 Å². The van der Waals surface area contributed by atoms with Crippen LogP contribution in [-0.4, -0.2) is 45.8 Å². The first-order chi connectivity index (χ1) is 16.0. The van der Waals surface area contributed by atoms with Gasteiger partial charge in [0.2, 0.25) is 0 Å². The van der Waals surface area contributed by atoms with Crippen molar-refractivity contribution in [2.75, 3.05) is 6.61 Å². The molecule has 0 bridgehead atoms. The number of nitriles is 1. The molecule has 8 nitrogen and oxygen atoms in total. The van der Waals surface area contributed by atoms with Crippen LogP contribution in [0.5, 0.6) is 0 Å². The Kier molecular flexibility index (Phi) is 8.71. The van der Waals surface area contributed by atoms with Crippen molar-refractivity contribution in [3.63, 3.8) is 0 Å². The number of benzene rings is 2. The Labute approximate surface area is 192 Å². The van der Waals surface area contributed by atoms with Gasteiger partial charge in [0.1, 0.15) is 6.07 Å². The number of ether oxygens (including phenoxy) is 1. The van der Waals surface area contributed by atoms with E-state index in [4.69, 9.17) is 4.74 Å². The molecular formula is C24H23BN4O4. The third-order valence-electron chi connectivity index (χ3n) is 4.77. The lowest BCUT2D eigenvalue weighted by Gasteiger charge is -2.17. The van der Waals surface area contributed by atoms with Crippen LogP contribution >= 0.6 is 0 Å². The highest BCUT2D eigenvalue weighted by Crippen LogP contribution is 2.15. The number of hydrogen-bond acceptors (Lipinski definition) is 7. The second-order valence-electron chi connectivity index (χ2n) is 7.23. The number of rotatable bonds is 9. The molecule has 0 fully saturated rings. The summed E-state index contributed by atoms with van der Waals surface area (Å²) in [5.74, 6) is -0.542. The molecule has 3 N–H and O–H groups in total. The standard InChI is InChI=1S/C24H23BN4O4/c26-17-21(23-27-11-5-12-28-23)15-20-9-4-8-19(14-20)10-13-33-24(30)29-22(25(31)32)16-18-6-2-1-3-7-18/h1-9,11-12,14-15,22,31-32H,10,13,16H2,(H,29,30)/t22-/m0/s1. The van der Waals surface area contributed by atoms with E-state index < -0.39 is 19.2 Å². The number of amides is 1. The normalized spacial score (nSPS) is 11.8. The minimum absolute atomic E-state index is 0.103. The second-order valence-corrected chi connectivity index (χ2v) is 7.23. The number of alkyl carbamates (subject to hydrolysis) is 1. The zero-order chi connectivity index (χ0) is 23.5. The number of carbonyl (C=O) groups excluding carboxylic acids is 1. The zero-order valence-electron chi connectivity index (χ0n) is 17.8. The average molecular weight is 442 g/mol. The van der Waals surface area contributed by atoms with Crippen molar-refractivity contribution in [3.8, 4) is 6.07 Å². The fourth-order valence-corrected chi connectivity index (χ4v) is 3.14. The third-order valence-corrected chi connectivity index (χ3v) is 4.77. The summed E-state index contributed by atoms with van der Waals surface area (Å²) < 4.78 is 5.22. The summed E-state index contributed by atoms with van der Waals surface area (Å²) in [6.45, 7) is 0.103. The topological polar surface area (TPSA) is 128 Å². The number of nitrogens with zero attached hydrogens (tertiary/aromatic N) is 3. The van der Waals surface area contributed by atoms with Gasteiger partial charge in [-0.3, -0.25) is 0 Å². The van der Waals surface area contributed by atoms with E-state index >= 15 is 0 Å². The van der Waals surface area contributed by atoms with Gasteiger partial charge in [-0.15, -0.1) is 0 Å². The first-order valence-corrected chi connectivity index (χ1v) is 10.4. The van der Waals surface area contributed by atoms with Crippen LogP contribution in [0, 0.1) is 11.3 Å². The lowest BCUT2D eigenvalue weighted by molar-refractivity contribution is 0.144. The van der Waals surface area contributed by atoms with Crippen molar-refractivity contribution in [1.82, 2.24) is 15.3 Å². The Bertz CT molecular complexity index is 1120. The predicted octanol–water partition coefficient (Wildman–Crippen LogP) is 2.43. The first kappa shape index (κ1) is 23.7. The van der Waals surface area contributed by atoms with Crippen LogP contribution in [0.15, 0.2) is 73.1 Å². The minimum atomic E-state index is -1.72. The van der Waals surface area contributed by atoms with Crippen molar-refractivity contribution < 1.29 is 19.6 Å². The molecular weight excluding hydrogens is 419 g/mol. The molecule has 0 aliphatic rings. The summed E-state index contributed by atoms with van der Waals surface area (Å²) >= 11 is 0. The molecule has 1 heterocycles. The maximum absolute atomic E-state index is 12.1. The Hall–Kier alpha value is -4.00. The number of hydrogen-bond donors (Lipinski definition) is 3. The molecule has 3 aromatic rings. The van der Waals surface area contributed by atoms with Gasteiger partial charge in [-0.25, -0.2) is 14.8 Å². The molecule has 3 rings (SSSR count). The third kappa shape index (κ3) is 7.57.